The molecule has 7 nitrogen and oxygen atoms in total. The number of nitrogens with zero attached hydrogens (tertiary/aromatic N) is 3. The minimum absolute atomic E-state index is 0.0470. The van der Waals surface area contributed by atoms with E-state index < -0.39 is 0 Å². The van der Waals surface area contributed by atoms with Gasteiger partial charge in [0, 0.05) is 6.54 Å². The Morgan fingerprint density at radius 2 is 1.00 bits per heavy atom. The molecule has 4 bridgehead atoms. The molecule has 8 atom stereocenters. The first-order chi connectivity index (χ1) is 16.5. The predicted molar refractivity (Wildman–Crippen MR) is 121 cm³/mol. The van der Waals surface area contributed by atoms with Crippen LogP contribution in [0.1, 0.15) is 44.1 Å². The van der Waals surface area contributed by atoms with Gasteiger partial charge < -0.3 is 0 Å². The highest BCUT2D eigenvalue weighted by molar-refractivity contribution is 6.07. The summed E-state index contributed by atoms with van der Waals surface area (Å²) in [5.41, 5.74) is 1.03. The van der Waals surface area contributed by atoms with Crippen LogP contribution < -0.4 is 0 Å². The molecular formula is C27H31N3O4. The van der Waals surface area contributed by atoms with Crippen LogP contribution in [0.2, 0.25) is 0 Å². The van der Waals surface area contributed by atoms with E-state index >= 15 is 0 Å². The fourth-order valence-corrected chi connectivity index (χ4v) is 8.61. The molecule has 1 aromatic rings. The third-order valence-corrected chi connectivity index (χ3v) is 9.97. The van der Waals surface area contributed by atoms with Crippen LogP contribution in [0.3, 0.4) is 0 Å². The minimum atomic E-state index is -0.158. The molecule has 4 aliphatic carbocycles. The maximum atomic E-state index is 13.3. The van der Waals surface area contributed by atoms with Crippen LogP contribution in [0.5, 0.6) is 0 Å². The van der Waals surface area contributed by atoms with Gasteiger partial charge in [0.1, 0.15) is 0 Å². The second-order valence-corrected chi connectivity index (χ2v) is 11.6. The average molecular weight is 462 g/mol. The lowest BCUT2D eigenvalue weighted by atomic mass is 9.81. The van der Waals surface area contributed by atoms with Gasteiger partial charge in [0.2, 0.25) is 23.6 Å². The van der Waals surface area contributed by atoms with Crippen molar-refractivity contribution in [2.75, 3.05) is 13.3 Å². The molecule has 178 valence electrons. The number of fused-ring (bicyclic) bond motifs is 10. The summed E-state index contributed by atoms with van der Waals surface area (Å²) in [4.78, 5) is 58.1. The summed E-state index contributed by atoms with van der Waals surface area (Å²) in [6.07, 6.45) is 6.22. The predicted octanol–water partition coefficient (Wildman–Crippen LogP) is 2.47. The molecule has 7 rings (SSSR count). The zero-order chi connectivity index (χ0) is 23.1. The number of rotatable bonds is 6. The number of hydrogen-bond acceptors (Lipinski definition) is 5. The molecule has 34 heavy (non-hydrogen) atoms. The molecule has 0 unspecified atom stereocenters. The van der Waals surface area contributed by atoms with Gasteiger partial charge in [0.25, 0.3) is 0 Å². The van der Waals surface area contributed by atoms with Gasteiger partial charge in [-0.15, -0.1) is 0 Å². The van der Waals surface area contributed by atoms with E-state index in [1.54, 1.807) is 0 Å². The number of carbonyl (C=O) groups is 4. The van der Waals surface area contributed by atoms with Crippen molar-refractivity contribution in [2.45, 2.75) is 45.1 Å². The van der Waals surface area contributed by atoms with Gasteiger partial charge in [-0.1, -0.05) is 30.3 Å². The molecule has 2 saturated heterocycles. The molecular weight excluding hydrogens is 430 g/mol. The van der Waals surface area contributed by atoms with Gasteiger partial charge in [-0.25, -0.2) is 0 Å². The number of carbonyl (C=O) groups excluding carboxylic acids is 4. The van der Waals surface area contributed by atoms with Crippen molar-refractivity contribution >= 4 is 23.6 Å². The van der Waals surface area contributed by atoms with Gasteiger partial charge in [-0.2, -0.15) is 0 Å². The molecule has 2 heterocycles. The van der Waals surface area contributed by atoms with Crippen molar-refractivity contribution in [3.63, 3.8) is 0 Å². The summed E-state index contributed by atoms with van der Waals surface area (Å²) in [7, 11) is 0. The van der Waals surface area contributed by atoms with E-state index in [0.717, 1.165) is 44.1 Å². The normalized spacial score (nSPS) is 39.8. The van der Waals surface area contributed by atoms with E-state index in [-0.39, 0.29) is 60.6 Å². The molecule has 1 aromatic carbocycles. The maximum absolute atomic E-state index is 13.3. The number of benzene rings is 1. The van der Waals surface area contributed by atoms with Crippen molar-refractivity contribution in [3.05, 3.63) is 35.9 Å². The zero-order valence-corrected chi connectivity index (χ0v) is 19.3. The Balaban J connectivity index is 1.14. The van der Waals surface area contributed by atoms with Gasteiger partial charge >= 0.3 is 0 Å². The van der Waals surface area contributed by atoms with Crippen LogP contribution in [0, 0.1) is 47.3 Å². The van der Waals surface area contributed by atoms with Crippen LogP contribution in [0.15, 0.2) is 30.3 Å². The second-order valence-electron chi connectivity index (χ2n) is 11.6. The average Bonchev–Trinajstić information content (AvgIpc) is 3.68. The lowest BCUT2D eigenvalue weighted by Gasteiger charge is -2.31. The number of imide groups is 2. The molecule has 0 spiro atoms. The summed E-state index contributed by atoms with van der Waals surface area (Å²) >= 11 is 0. The lowest BCUT2D eigenvalue weighted by Crippen LogP contribution is -2.48. The first-order valence-corrected chi connectivity index (χ1v) is 13.0. The summed E-state index contributed by atoms with van der Waals surface area (Å²) in [6, 6.07) is 9.85. The van der Waals surface area contributed by atoms with Gasteiger partial charge in [-0.05, 0) is 67.8 Å². The monoisotopic (exact) mass is 461 g/mol. The molecule has 0 aromatic heterocycles. The summed E-state index contributed by atoms with van der Waals surface area (Å²) in [5, 5.41) is 0. The van der Waals surface area contributed by atoms with E-state index in [9.17, 15) is 19.2 Å². The quantitative estimate of drug-likeness (QED) is 0.609. The highest BCUT2D eigenvalue weighted by atomic mass is 16.2. The van der Waals surface area contributed by atoms with E-state index in [1.165, 1.54) is 9.80 Å². The third kappa shape index (κ3) is 2.85. The SMILES string of the molecule is O=C1[C@@H]2[C@H]3CC[C@@H](C3)[C@H]2C(=O)N1CN(Cc1ccccc1)CN1C(=O)[C@@H]2[C@H]3CC[C@@H](C3)[C@@H]2C1=O. The molecule has 4 saturated carbocycles. The number of likely N-dealkylation sites (tertiary alicyclic amines) is 2. The molecule has 6 fully saturated rings. The van der Waals surface area contributed by atoms with Gasteiger partial charge in [-0.3, -0.25) is 33.9 Å². The molecule has 4 amide bonds. The van der Waals surface area contributed by atoms with Crippen LogP contribution in [0.4, 0.5) is 0 Å². The third-order valence-electron chi connectivity index (χ3n) is 9.97. The Kier molecular flexibility index (Phi) is 4.57. The van der Waals surface area contributed by atoms with E-state index in [4.69, 9.17) is 0 Å². The van der Waals surface area contributed by atoms with Crippen molar-refractivity contribution in [1.82, 2.24) is 14.7 Å². The van der Waals surface area contributed by atoms with E-state index in [1.807, 2.05) is 35.2 Å². The first kappa shape index (κ1) is 20.8. The molecule has 7 heteroatoms. The summed E-state index contributed by atoms with van der Waals surface area (Å²) in [5.74, 6) is 0.555. The Morgan fingerprint density at radius 1 is 0.618 bits per heavy atom. The van der Waals surface area contributed by atoms with Crippen molar-refractivity contribution in [2.24, 2.45) is 47.3 Å². The Labute approximate surface area is 199 Å². The summed E-state index contributed by atoms with van der Waals surface area (Å²) < 4.78 is 0. The van der Waals surface area contributed by atoms with Crippen LogP contribution in [0.25, 0.3) is 0 Å². The highest BCUT2D eigenvalue weighted by Crippen LogP contribution is 2.57. The maximum Gasteiger partial charge on any atom is 0.234 e. The zero-order valence-electron chi connectivity index (χ0n) is 19.3. The lowest BCUT2D eigenvalue weighted by molar-refractivity contribution is -0.146. The second kappa shape index (κ2) is 7.48. The molecule has 0 N–H and O–H groups in total. The molecule has 6 aliphatic rings. The highest BCUT2D eigenvalue weighted by Gasteiger charge is 2.62. The van der Waals surface area contributed by atoms with E-state index in [2.05, 4.69) is 0 Å². The Morgan fingerprint density at radius 3 is 1.38 bits per heavy atom. The van der Waals surface area contributed by atoms with Gasteiger partial charge in [0.05, 0.1) is 37.0 Å². The number of amides is 4. The fourth-order valence-electron chi connectivity index (χ4n) is 8.61. The van der Waals surface area contributed by atoms with Crippen molar-refractivity contribution in [1.29, 1.82) is 0 Å². The van der Waals surface area contributed by atoms with Crippen molar-refractivity contribution < 1.29 is 19.2 Å². The van der Waals surface area contributed by atoms with Crippen molar-refractivity contribution in [3.8, 4) is 0 Å². The van der Waals surface area contributed by atoms with Crippen LogP contribution >= 0.6 is 0 Å². The van der Waals surface area contributed by atoms with Crippen LogP contribution in [-0.2, 0) is 25.7 Å². The molecule has 2 aliphatic heterocycles. The Bertz CT molecular complexity index is 953. The Hall–Kier alpha value is -2.54. The smallest absolute Gasteiger partial charge is 0.234 e. The summed E-state index contributed by atoms with van der Waals surface area (Å²) in [6.45, 7) is 0.746. The largest absolute Gasteiger partial charge is 0.274 e. The topological polar surface area (TPSA) is 78.0 Å². The molecule has 0 radical (unpaired) electrons. The fraction of sp³-hybridized carbons (Fsp3) is 0.630. The standard InChI is InChI=1S/C27H31N3O4/c31-24-20-16-6-7-17(10-16)21(20)25(32)29(24)13-28(12-15-4-2-1-3-5-15)14-30-26(33)22-18-8-9-19(11-18)23(22)27(30)34/h1-5,16-23H,6-14H2/t16-,17-,18-,19-,20-,21+,22+,23+/m0/s1. The number of hydrogen-bond donors (Lipinski definition) is 0. The minimum Gasteiger partial charge on any atom is -0.274 e. The van der Waals surface area contributed by atoms with Crippen LogP contribution in [-0.4, -0.2) is 51.7 Å². The van der Waals surface area contributed by atoms with E-state index in [0.29, 0.717) is 30.2 Å². The van der Waals surface area contributed by atoms with Gasteiger partial charge in [0.15, 0.2) is 0 Å². The first-order valence-electron chi connectivity index (χ1n) is 13.0.